The second-order valence-corrected chi connectivity index (χ2v) is 7.95. The fourth-order valence-corrected chi connectivity index (χ4v) is 4.16. The first kappa shape index (κ1) is 22.4. The molecule has 0 aromatic carbocycles. The first-order chi connectivity index (χ1) is 16.6. The molecule has 0 aliphatic carbocycles. The predicted octanol–water partition coefficient (Wildman–Crippen LogP) is 1.92. The summed E-state index contributed by atoms with van der Waals surface area (Å²) in [5.41, 5.74) is 0.451. The highest BCUT2D eigenvalue weighted by atomic mass is 19.4. The number of pyridine rings is 1. The number of hydrogen-bond acceptors (Lipinski definition) is 7. The molecule has 0 bridgehead atoms. The summed E-state index contributed by atoms with van der Waals surface area (Å²) in [6.45, 7) is 2.03. The molecule has 4 aromatic heterocycles. The lowest BCUT2D eigenvalue weighted by Crippen LogP contribution is -2.39. The molecular formula is C21H18F3N9O2. The zero-order valence-electron chi connectivity index (χ0n) is 18.5. The number of nitrogens with one attached hydrogen (secondary N) is 1. The van der Waals surface area contributed by atoms with Crippen LogP contribution >= 0.6 is 0 Å². The number of aromatic nitrogens is 8. The number of amides is 1. The van der Waals surface area contributed by atoms with Gasteiger partial charge in [0.25, 0.3) is 11.5 Å². The van der Waals surface area contributed by atoms with E-state index in [1.54, 1.807) is 26.1 Å². The van der Waals surface area contributed by atoms with Crippen LogP contribution in [-0.4, -0.2) is 56.8 Å². The molecule has 180 valence electrons. The number of H-pyrrole nitrogens is 1. The van der Waals surface area contributed by atoms with Crippen LogP contribution in [0.2, 0.25) is 0 Å². The number of halogens is 3. The Morgan fingerprint density at radius 2 is 2.03 bits per heavy atom. The molecule has 1 amide bonds. The lowest BCUT2D eigenvalue weighted by molar-refractivity contribution is -0.141. The van der Waals surface area contributed by atoms with E-state index < -0.39 is 23.8 Å². The summed E-state index contributed by atoms with van der Waals surface area (Å²) >= 11 is 0. The van der Waals surface area contributed by atoms with Gasteiger partial charge in [-0.3, -0.25) is 19.3 Å². The summed E-state index contributed by atoms with van der Waals surface area (Å²) in [5.74, 6) is -0.552. The maximum atomic E-state index is 13.2. The van der Waals surface area contributed by atoms with Gasteiger partial charge in [-0.05, 0) is 25.5 Å². The highest BCUT2D eigenvalue weighted by molar-refractivity contribution is 5.91. The molecule has 35 heavy (non-hydrogen) atoms. The third-order valence-electron chi connectivity index (χ3n) is 5.80. The molecule has 0 fully saturated rings. The molecule has 14 heteroatoms. The summed E-state index contributed by atoms with van der Waals surface area (Å²) in [5, 5.41) is 8.63. The van der Waals surface area contributed by atoms with Crippen LogP contribution in [0.1, 0.15) is 40.5 Å². The Morgan fingerprint density at radius 1 is 1.23 bits per heavy atom. The van der Waals surface area contributed by atoms with Gasteiger partial charge < -0.3 is 9.88 Å². The molecule has 0 saturated heterocycles. The first-order valence-corrected chi connectivity index (χ1v) is 10.5. The number of carbonyl (C=O) groups excluding carboxylic acids is 1. The average molecular weight is 485 g/mol. The number of hydrogen-bond donors (Lipinski definition) is 1. The van der Waals surface area contributed by atoms with Crippen LogP contribution in [0.25, 0.3) is 17.1 Å². The van der Waals surface area contributed by atoms with E-state index in [0.717, 1.165) is 0 Å². The molecule has 4 aromatic rings. The molecule has 5 rings (SSSR count). The Morgan fingerprint density at radius 3 is 2.77 bits per heavy atom. The number of fused-ring (bicyclic) bond motifs is 1. The fourth-order valence-electron chi connectivity index (χ4n) is 4.16. The monoisotopic (exact) mass is 485 g/mol. The summed E-state index contributed by atoms with van der Waals surface area (Å²) in [6, 6.07) is 2.67. The average Bonchev–Trinajstić information content (AvgIpc) is 3.44. The molecule has 1 aliphatic rings. The van der Waals surface area contributed by atoms with Crippen molar-refractivity contribution in [2.45, 2.75) is 25.6 Å². The molecule has 1 atom stereocenters. The molecular weight excluding hydrogens is 467 g/mol. The van der Waals surface area contributed by atoms with Crippen LogP contribution in [0, 0.1) is 0 Å². The number of rotatable bonds is 3. The van der Waals surface area contributed by atoms with E-state index in [2.05, 4.69) is 30.1 Å². The van der Waals surface area contributed by atoms with Gasteiger partial charge in [-0.15, -0.1) is 5.10 Å². The number of alkyl halides is 3. The van der Waals surface area contributed by atoms with Crippen LogP contribution in [0.4, 0.5) is 13.2 Å². The minimum Gasteiger partial charge on any atom is -0.327 e. The topological polar surface area (TPSA) is 127 Å². The second kappa shape index (κ2) is 8.14. The van der Waals surface area contributed by atoms with Crippen molar-refractivity contribution in [1.82, 2.24) is 44.4 Å². The van der Waals surface area contributed by atoms with E-state index in [-0.39, 0.29) is 29.3 Å². The molecule has 0 saturated carbocycles. The van der Waals surface area contributed by atoms with Gasteiger partial charge in [-0.25, -0.2) is 14.6 Å². The third-order valence-corrected chi connectivity index (χ3v) is 5.80. The number of aryl methyl sites for hydroxylation is 1. The van der Waals surface area contributed by atoms with E-state index in [4.69, 9.17) is 0 Å². The van der Waals surface area contributed by atoms with Crippen LogP contribution in [0.5, 0.6) is 0 Å². The Labute approximate surface area is 195 Å². The Hall–Kier alpha value is -4.36. The van der Waals surface area contributed by atoms with Gasteiger partial charge in [0.1, 0.15) is 17.7 Å². The van der Waals surface area contributed by atoms with Gasteiger partial charge in [-0.1, -0.05) is 0 Å². The van der Waals surface area contributed by atoms with Crippen molar-refractivity contribution in [1.29, 1.82) is 0 Å². The van der Waals surface area contributed by atoms with E-state index >= 15 is 0 Å². The molecule has 1 N–H and O–H groups in total. The Kier molecular flexibility index (Phi) is 5.22. The zero-order valence-corrected chi connectivity index (χ0v) is 18.5. The highest BCUT2D eigenvalue weighted by Crippen LogP contribution is 2.36. The highest BCUT2D eigenvalue weighted by Gasteiger charge is 2.37. The molecule has 1 aliphatic heterocycles. The van der Waals surface area contributed by atoms with E-state index in [1.807, 2.05) is 0 Å². The van der Waals surface area contributed by atoms with Crippen LogP contribution < -0.4 is 5.56 Å². The van der Waals surface area contributed by atoms with Crippen molar-refractivity contribution in [3.8, 4) is 17.1 Å². The van der Waals surface area contributed by atoms with E-state index in [1.165, 1.54) is 33.0 Å². The molecule has 0 spiro atoms. The Balaban J connectivity index is 1.45. The van der Waals surface area contributed by atoms with Crippen LogP contribution in [0.15, 0.2) is 41.8 Å². The van der Waals surface area contributed by atoms with Gasteiger partial charge in [0.15, 0.2) is 5.69 Å². The van der Waals surface area contributed by atoms with Gasteiger partial charge in [0.05, 0.1) is 29.8 Å². The van der Waals surface area contributed by atoms with E-state index in [0.29, 0.717) is 29.6 Å². The lowest BCUT2D eigenvalue weighted by atomic mass is 9.97. The van der Waals surface area contributed by atoms with Gasteiger partial charge in [-0.2, -0.15) is 18.3 Å². The standard InChI is InChI=1S/C21H18F3N9O2/c1-11-16-12(17(31(2)29-16)13-8-25-9-15(28-13)21(22,23)24)5-7-32(11)20(35)18-27-10-33(30-18)14-4-3-6-26-19(14)34/h3-4,6,8-11H,5,7H2,1-2H3,(H,26,34)/t11-/m1/s1. The SMILES string of the molecule is C[C@@H]1c2nn(C)c(-c3cncc(C(F)(F)F)n3)c2CCN1C(=O)c1ncn(-c2ccc[nH]c2=O)n1. The van der Waals surface area contributed by atoms with Crippen molar-refractivity contribution in [3.05, 3.63) is 70.2 Å². The van der Waals surface area contributed by atoms with Crippen molar-refractivity contribution >= 4 is 5.91 Å². The van der Waals surface area contributed by atoms with Crippen molar-refractivity contribution < 1.29 is 18.0 Å². The van der Waals surface area contributed by atoms with E-state index in [9.17, 15) is 22.8 Å². The Bertz CT molecular complexity index is 1490. The minimum atomic E-state index is -4.63. The fraction of sp³-hybridized carbons (Fsp3) is 0.286. The van der Waals surface area contributed by atoms with Crippen molar-refractivity contribution in [2.75, 3.05) is 6.54 Å². The van der Waals surface area contributed by atoms with Crippen LogP contribution in [-0.2, 0) is 19.6 Å². The number of aromatic amines is 1. The van der Waals surface area contributed by atoms with Gasteiger partial charge in [0, 0.05) is 25.4 Å². The van der Waals surface area contributed by atoms with Gasteiger partial charge in [0.2, 0.25) is 5.82 Å². The number of carbonyl (C=O) groups is 1. The second-order valence-electron chi connectivity index (χ2n) is 7.95. The maximum absolute atomic E-state index is 13.2. The molecule has 11 nitrogen and oxygen atoms in total. The van der Waals surface area contributed by atoms with Gasteiger partial charge >= 0.3 is 6.18 Å². The smallest absolute Gasteiger partial charge is 0.327 e. The summed E-state index contributed by atoms with van der Waals surface area (Å²) in [6.07, 6.45) is 0.406. The van der Waals surface area contributed by atoms with Crippen LogP contribution in [0.3, 0.4) is 0 Å². The zero-order chi connectivity index (χ0) is 24.9. The number of nitrogens with zero attached hydrogens (tertiary/aromatic N) is 8. The predicted molar refractivity (Wildman–Crippen MR) is 114 cm³/mol. The largest absolute Gasteiger partial charge is 0.434 e. The quantitative estimate of drug-likeness (QED) is 0.470. The summed E-state index contributed by atoms with van der Waals surface area (Å²) in [4.78, 5) is 40.7. The molecule has 5 heterocycles. The summed E-state index contributed by atoms with van der Waals surface area (Å²) in [7, 11) is 1.61. The third kappa shape index (κ3) is 3.86. The minimum absolute atomic E-state index is 0.0524. The summed E-state index contributed by atoms with van der Waals surface area (Å²) < 4.78 is 42.1. The normalized spacial score (nSPS) is 15.8. The first-order valence-electron chi connectivity index (χ1n) is 10.5. The van der Waals surface area contributed by atoms with Crippen molar-refractivity contribution in [2.24, 2.45) is 7.05 Å². The molecule has 0 unspecified atom stereocenters. The maximum Gasteiger partial charge on any atom is 0.434 e. The van der Waals surface area contributed by atoms with Crippen molar-refractivity contribution in [3.63, 3.8) is 0 Å². The lowest BCUT2D eigenvalue weighted by Gasteiger charge is -2.32. The molecule has 0 radical (unpaired) electrons.